The van der Waals surface area contributed by atoms with E-state index in [4.69, 9.17) is 18.9 Å². The minimum absolute atomic E-state index is 0.0682. The molecule has 8 heteroatoms. The van der Waals surface area contributed by atoms with E-state index in [1.807, 2.05) is 54.6 Å². The number of carbonyl (C=O) groups is 2. The smallest absolute Gasteiger partial charge is 0.255 e. The molecule has 3 aromatic carbocycles. The lowest BCUT2D eigenvalue weighted by Crippen LogP contribution is -2.37. The molecular formula is C26H26N2O6. The lowest BCUT2D eigenvalue weighted by atomic mass is 10.1. The molecule has 4 rings (SSSR count). The Balaban J connectivity index is 1.43. The summed E-state index contributed by atoms with van der Waals surface area (Å²) in [6, 6.07) is 19.7. The Bertz CT molecular complexity index is 1160. The van der Waals surface area contributed by atoms with Crippen LogP contribution in [0.25, 0.3) is 0 Å². The summed E-state index contributed by atoms with van der Waals surface area (Å²) < 4.78 is 21.8. The van der Waals surface area contributed by atoms with E-state index < -0.39 is 0 Å². The Hall–Kier alpha value is -4.20. The first-order valence-corrected chi connectivity index (χ1v) is 10.8. The first-order chi connectivity index (χ1) is 16.5. The average Bonchev–Trinajstić information content (AvgIpc) is 3.23. The van der Waals surface area contributed by atoms with Gasteiger partial charge in [-0.3, -0.25) is 9.59 Å². The maximum Gasteiger partial charge on any atom is 0.255 e. The Morgan fingerprint density at radius 3 is 2.18 bits per heavy atom. The van der Waals surface area contributed by atoms with Crippen LogP contribution in [-0.4, -0.2) is 45.7 Å². The number of methoxy groups -OCH3 is 3. The number of nitrogens with one attached hydrogen (secondary N) is 1. The van der Waals surface area contributed by atoms with Gasteiger partial charge in [0.2, 0.25) is 11.7 Å². The fourth-order valence-corrected chi connectivity index (χ4v) is 3.92. The molecule has 1 aliphatic heterocycles. The van der Waals surface area contributed by atoms with E-state index in [-0.39, 0.29) is 30.0 Å². The molecule has 34 heavy (non-hydrogen) atoms. The average molecular weight is 463 g/mol. The maximum absolute atomic E-state index is 13.0. The molecule has 0 spiro atoms. The van der Waals surface area contributed by atoms with Crippen LogP contribution in [0.2, 0.25) is 0 Å². The van der Waals surface area contributed by atoms with Gasteiger partial charge in [-0.05, 0) is 48.5 Å². The molecule has 1 saturated heterocycles. The number of hydrogen-bond acceptors (Lipinski definition) is 6. The summed E-state index contributed by atoms with van der Waals surface area (Å²) in [6.07, 6.45) is 0.198. The third-order valence-electron chi connectivity index (χ3n) is 5.54. The van der Waals surface area contributed by atoms with E-state index in [9.17, 15) is 9.59 Å². The third kappa shape index (κ3) is 4.76. The van der Waals surface area contributed by atoms with Crippen LogP contribution in [0.3, 0.4) is 0 Å². The second-order valence-electron chi connectivity index (χ2n) is 7.67. The zero-order chi connectivity index (χ0) is 24.1. The van der Waals surface area contributed by atoms with Crippen molar-refractivity contribution in [3.63, 3.8) is 0 Å². The fourth-order valence-electron chi connectivity index (χ4n) is 3.92. The van der Waals surface area contributed by atoms with Gasteiger partial charge in [-0.15, -0.1) is 0 Å². The number of hydrogen-bond donors (Lipinski definition) is 1. The quantitative estimate of drug-likeness (QED) is 0.544. The normalized spacial score (nSPS) is 15.1. The SMILES string of the molecule is COc1ccc(C(=O)NC2CC(=O)N(c3ccc(Oc4ccccc4)cc3)C2)c(OC)c1OC. The van der Waals surface area contributed by atoms with Crippen molar-refractivity contribution in [1.82, 2.24) is 5.32 Å². The van der Waals surface area contributed by atoms with E-state index in [1.54, 1.807) is 17.0 Å². The number of nitrogens with zero attached hydrogens (tertiary/aromatic N) is 1. The summed E-state index contributed by atoms with van der Waals surface area (Å²) in [5.41, 5.74) is 1.04. The first kappa shape index (κ1) is 23.0. The molecule has 0 aliphatic carbocycles. The predicted octanol–water partition coefficient (Wildman–Crippen LogP) is 4.04. The molecule has 1 heterocycles. The molecule has 3 aromatic rings. The topological polar surface area (TPSA) is 86.3 Å². The van der Waals surface area contributed by atoms with Crippen LogP contribution in [0, 0.1) is 0 Å². The third-order valence-corrected chi connectivity index (χ3v) is 5.54. The van der Waals surface area contributed by atoms with Crippen molar-refractivity contribution < 1.29 is 28.5 Å². The van der Waals surface area contributed by atoms with Gasteiger partial charge >= 0.3 is 0 Å². The highest BCUT2D eigenvalue weighted by atomic mass is 16.5. The predicted molar refractivity (Wildman–Crippen MR) is 127 cm³/mol. The summed E-state index contributed by atoms with van der Waals surface area (Å²) in [6.45, 7) is 0.360. The maximum atomic E-state index is 13.0. The molecular weight excluding hydrogens is 436 g/mol. The van der Waals surface area contributed by atoms with E-state index >= 15 is 0 Å². The largest absolute Gasteiger partial charge is 0.493 e. The van der Waals surface area contributed by atoms with Crippen LogP contribution < -0.4 is 29.2 Å². The highest BCUT2D eigenvalue weighted by molar-refractivity contribution is 6.01. The van der Waals surface area contributed by atoms with Gasteiger partial charge in [0.25, 0.3) is 5.91 Å². The van der Waals surface area contributed by atoms with Crippen molar-refractivity contribution in [3.8, 4) is 28.7 Å². The van der Waals surface area contributed by atoms with Crippen LogP contribution >= 0.6 is 0 Å². The van der Waals surface area contributed by atoms with Crippen molar-refractivity contribution in [3.05, 3.63) is 72.3 Å². The Morgan fingerprint density at radius 1 is 0.853 bits per heavy atom. The summed E-state index contributed by atoms with van der Waals surface area (Å²) in [5.74, 6) is 2.05. The number of carbonyl (C=O) groups excluding carboxylic acids is 2. The van der Waals surface area contributed by atoms with E-state index in [0.717, 1.165) is 11.4 Å². The molecule has 8 nitrogen and oxygen atoms in total. The number of rotatable bonds is 8. The van der Waals surface area contributed by atoms with E-state index in [2.05, 4.69) is 5.32 Å². The van der Waals surface area contributed by atoms with Gasteiger partial charge in [-0.2, -0.15) is 0 Å². The lowest BCUT2D eigenvalue weighted by molar-refractivity contribution is -0.117. The van der Waals surface area contributed by atoms with Crippen LogP contribution in [0.1, 0.15) is 16.8 Å². The molecule has 1 aliphatic rings. The van der Waals surface area contributed by atoms with E-state index in [1.165, 1.54) is 21.3 Å². The zero-order valence-corrected chi connectivity index (χ0v) is 19.2. The Morgan fingerprint density at radius 2 is 1.53 bits per heavy atom. The highest BCUT2D eigenvalue weighted by Crippen LogP contribution is 2.39. The van der Waals surface area contributed by atoms with Gasteiger partial charge in [0.05, 0.1) is 32.9 Å². The molecule has 2 amide bonds. The monoisotopic (exact) mass is 462 g/mol. The number of benzene rings is 3. The molecule has 0 aromatic heterocycles. The molecule has 0 radical (unpaired) electrons. The summed E-state index contributed by atoms with van der Waals surface area (Å²) in [5, 5.41) is 2.93. The summed E-state index contributed by atoms with van der Waals surface area (Å²) in [7, 11) is 4.45. The van der Waals surface area contributed by atoms with Crippen molar-refractivity contribution in [2.24, 2.45) is 0 Å². The Labute approximate surface area is 198 Å². The second kappa shape index (κ2) is 10.2. The lowest BCUT2D eigenvalue weighted by Gasteiger charge is -2.19. The number of para-hydroxylation sites is 1. The first-order valence-electron chi connectivity index (χ1n) is 10.8. The van der Waals surface area contributed by atoms with Gasteiger partial charge < -0.3 is 29.2 Å². The molecule has 176 valence electrons. The van der Waals surface area contributed by atoms with Crippen LogP contribution in [0.4, 0.5) is 5.69 Å². The van der Waals surface area contributed by atoms with Crippen LogP contribution in [0.5, 0.6) is 28.7 Å². The molecule has 1 fully saturated rings. The number of amides is 2. The number of ether oxygens (including phenoxy) is 4. The van der Waals surface area contributed by atoms with Gasteiger partial charge in [0.1, 0.15) is 11.5 Å². The van der Waals surface area contributed by atoms with Crippen molar-refractivity contribution in [2.75, 3.05) is 32.8 Å². The fraction of sp³-hybridized carbons (Fsp3) is 0.231. The van der Waals surface area contributed by atoms with Crippen LogP contribution in [0.15, 0.2) is 66.7 Å². The zero-order valence-electron chi connectivity index (χ0n) is 19.2. The van der Waals surface area contributed by atoms with Crippen LogP contribution in [-0.2, 0) is 4.79 Å². The van der Waals surface area contributed by atoms with Crippen molar-refractivity contribution in [2.45, 2.75) is 12.5 Å². The molecule has 0 saturated carbocycles. The number of anilines is 1. The molecule has 1 atom stereocenters. The minimum atomic E-state index is -0.357. The standard InChI is InChI=1S/C26H26N2O6/c1-31-22-14-13-21(24(32-2)25(22)33-3)26(30)27-17-15-23(29)28(16-17)18-9-11-20(12-10-18)34-19-7-5-4-6-8-19/h4-14,17H,15-16H2,1-3H3,(H,27,30). The molecule has 0 bridgehead atoms. The Kier molecular flexibility index (Phi) is 6.87. The second-order valence-corrected chi connectivity index (χ2v) is 7.67. The van der Waals surface area contributed by atoms with Crippen molar-refractivity contribution in [1.29, 1.82) is 0 Å². The summed E-state index contributed by atoms with van der Waals surface area (Å²) in [4.78, 5) is 27.3. The minimum Gasteiger partial charge on any atom is -0.493 e. The molecule has 1 N–H and O–H groups in total. The summed E-state index contributed by atoms with van der Waals surface area (Å²) >= 11 is 0. The van der Waals surface area contributed by atoms with Gasteiger partial charge in [0, 0.05) is 18.7 Å². The van der Waals surface area contributed by atoms with E-state index in [0.29, 0.717) is 29.4 Å². The van der Waals surface area contributed by atoms with Gasteiger partial charge in [-0.25, -0.2) is 0 Å². The van der Waals surface area contributed by atoms with Gasteiger partial charge in [-0.1, -0.05) is 18.2 Å². The van der Waals surface area contributed by atoms with Crippen molar-refractivity contribution >= 4 is 17.5 Å². The van der Waals surface area contributed by atoms with Gasteiger partial charge in [0.15, 0.2) is 11.5 Å². The molecule has 1 unspecified atom stereocenters. The highest BCUT2D eigenvalue weighted by Gasteiger charge is 2.32.